The Morgan fingerprint density at radius 3 is 2.84 bits per heavy atom. The average molecular weight is 569 g/mol. The Kier molecular flexibility index (Phi) is 7.46. The van der Waals surface area contributed by atoms with Gasteiger partial charge in [-0.1, -0.05) is 40.9 Å². The molecule has 0 spiro atoms. The van der Waals surface area contributed by atoms with Crippen LogP contribution in [0, 0.1) is 19.8 Å². The maximum absolute atomic E-state index is 13.0. The first-order chi connectivity index (χ1) is 17.7. The molecule has 1 amide bonds. The first-order valence-electron chi connectivity index (χ1n) is 13.2. The van der Waals surface area contributed by atoms with Crippen LogP contribution in [0.5, 0.6) is 5.75 Å². The highest BCUT2D eigenvalue weighted by Gasteiger charge is 2.43. The van der Waals surface area contributed by atoms with Gasteiger partial charge in [0.2, 0.25) is 5.91 Å². The van der Waals surface area contributed by atoms with Gasteiger partial charge >= 0.3 is 5.63 Å². The number of likely N-dealkylation sites (tertiary alicyclic amines) is 1. The zero-order chi connectivity index (χ0) is 26.2. The van der Waals surface area contributed by atoms with Crippen LogP contribution in [0.1, 0.15) is 60.8 Å². The number of fused-ring (bicyclic) bond motifs is 2. The van der Waals surface area contributed by atoms with Gasteiger partial charge in [-0.25, -0.2) is 4.79 Å². The number of carbonyl (C=O) groups excluding carboxylic acids is 1. The Hall–Kier alpha value is -2.64. The Balaban J connectivity index is 1.29. The topological polar surface area (TPSA) is 80.0 Å². The first-order valence-corrected chi connectivity index (χ1v) is 14.0. The number of ether oxygens (including phenoxy) is 1. The van der Waals surface area contributed by atoms with E-state index in [4.69, 9.17) is 9.15 Å². The van der Waals surface area contributed by atoms with Gasteiger partial charge in [0, 0.05) is 46.4 Å². The van der Waals surface area contributed by atoms with Crippen molar-refractivity contribution in [2.75, 3.05) is 13.1 Å². The molecular formula is C30H34BrNO5. The summed E-state index contributed by atoms with van der Waals surface area (Å²) < 4.78 is 12.8. The second kappa shape index (κ2) is 10.6. The van der Waals surface area contributed by atoms with Gasteiger partial charge in [0.15, 0.2) is 0 Å². The molecule has 1 saturated heterocycles. The molecule has 0 radical (unpaired) electrons. The van der Waals surface area contributed by atoms with E-state index < -0.39 is 11.2 Å². The van der Waals surface area contributed by atoms with Crippen molar-refractivity contribution in [1.29, 1.82) is 0 Å². The molecular weight excluding hydrogens is 534 g/mol. The van der Waals surface area contributed by atoms with Crippen molar-refractivity contribution in [3.05, 3.63) is 73.5 Å². The number of halogens is 1. The molecule has 7 heteroatoms. The fourth-order valence-electron chi connectivity index (χ4n) is 5.99. The maximum Gasteiger partial charge on any atom is 0.339 e. The van der Waals surface area contributed by atoms with Crippen LogP contribution in [0.2, 0.25) is 0 Å². The summed E-state index contributed by atoms with van der Waals surface area (Å²) in [6.07, 6.45) is 5.24. The van der Waals surface area contributed by atoms with Crippen LogP contribution in [0.4, 0.5) is 0 Å². The van der Waals surface area contributed by atoms with Crippen LogP contribution in [0.3, 0.4) is 0 Å². The number of benzene rings is 2. The number of hydrogen-bond donors (Lipinski definition) is 1. The highest BCUT2D eigenvalue weighted by Crippen LogP contribution is 2.40. The van der Waals surface area contributed by atoms with E-state index in [1.807, 2.05) is 55.1 Å². The van der Waals surface area contributed by atoms with Gasteiger partial charge in [-0.3, -0.25) is 4.79 Å². The molecule has 2 aromatic carbocycles. The number of nitrogens with zero attached hydrogens (tertiary/aromatic N) is 1. The monoisotopic (exact) mass is 567 g/mol. The number of amides is 1. The third-order valence-corrected chi connectivity index (χ3v) is 8.80. The summed E-state index contributed by atoms with van der Waals surface area (Å²) in [6.45, 7) is 5.42. The lowest BCUT2D eigenvalue weighted by atomic mass is 9.71. The number of rotatable bonds is 6. The second-order valence-electron chi connectivity index (χ2n) is 10.6. The van der Waals surface area contributed by atoms with E-state index in [1.54, 1.807) is 0 Å². The normalized spacial score (nSPS) is 21.6. The molecule has 1 aliphatic carbocycles. The van der Waals surface area contributed by atoms with Crippen LogP contribution < -0.4 is 10.4 Å². The van der Waals surface area contributed by atoms with E-state index in [9.17, 15) is 14.7 Å². The minimum absolute atomic E-state index is 0.0407. The molecule has 196 valence electrons. The number of aryl methyl sites for hydroxylation is 2. The van der Waals surface area contributed by atoms with E-state index in [2.05, 4.69) is 15.9 Å². The first kappa shape index (κ1) is 26.0. The molecule has 3 aromatic rings. The summed E-state index contributed by atoms with van der Waals surface area (Å²) in [7, 11) is 0. The zero-order valence-corrected chi connectivity index (χ0v) is 23.1. The summed E-state index contributed by atoms with van der Waals surface area (Å²) >= 11 is 3.48. The number of carbonyl (C=O) groups is 1. The van der Waals surface area contributed by atoms with Gasteiger partial charge in [-0.2, -0.15) is 0 Å². The van der Waals surface area contributed by atoms with Crippen LogP contribution >= 0.6 is 15.9 Å². The molecule has 0 bridgehead atoms. The molecule has 2 atom stereocenters. The summed E-state index contributed by atoms with van der Waals surface area (Å²) in [6, 6.07) is 11.8. The molecule has 2 fully saturated rings. The summed E-state index contributed by atoms with van der Waals surface area (Å²) in [5, 5.41) is 11.8. The van der Waals surface area contributed by atoms with E-state index in [-0.39, 0.29) is 18.2 Å². The predicted octanol–water partition coefficient (Wildman–Crippen LogP) is 5.84. The van der Waals surface area contributed by atoms with E-state index in [0.717, 1.165) is 52.2 Å². The Morgan fingerprint density at radius 2 is 2.03 bits per heavy atom. The lowest BCUT2D eigenvalue weighted by Gasteiger charge is -2.47. The van der Waals surface area contributed by atoms with Crippen molar-refractivity contribution < 1.29 is 19.1 Å². The average Bonchev–Trinajstić information content (AvgIpc) is 2.88. The minimum atomic E-state index is -0.608. The third kappa shape index (κ3) is 5.34. The van der Waals surface area contributed by atoms with Crippen molar-refractivity contribution in [3.63, 3.8) is 0 Å². The highest BCUT2D eigenvalue weighted by atomic mass is 79.9. The minimum Gasteiger partial charge on any atom is -0.488 e. The smallest absolute Gasteiger partial charge is 0.339 e. The van der Waals surface area contributed by atoms with Crippen molar-refractivity contribution in [2.45, 2.75) is 71.0 Å². The van der Waals surface area contributed by atoms with E-state index >= 15 is 0 Å². The molecule has 1 N–H and O–H groups in total. The summed E-state index contributed by atoms with van der Waals surface area (Å²) in [5.74, 6) is 0.874. The van der Waals surface area contributed by atoms with Crippen LogP contribution in [-0.2, 0) is 17.8 Å². The third-order valence-electron chi connectivity index (χ3n) is 8.31. The SMILES string of the molecule is Cc1c(CCC(=O)N2CC[C@]3(O)CCCC[C@H]3C2)c(=O)oc2c(C)c(OCc3cccc(Br)c3)ccc12. The Morgan fingerprint density at radius 1 is 1.19 bits per heavy atom. The number of aliphatic hydroxyl groups is 1. The molecule has 1 aliphatic heterocycles. The molecule has 0 unspecified atom stereocenters. The van der Waals surface area contributed by atoms with E-state index in [1.165, 1.54) is 0 Å². The summed E-state index contributed by atoms with van der Waals surface area (Å²) in [4.78, 5) is 27.9. The van der Waals surface area contributed by atoms with Gasteiger partial charge in [0.05, 0.1) is 5.60 Å². The Labute approximate surface area is 225 Å². The lowest BCUT2D eigenvalue weighted by molar-refractivity contribution is -0.143. The molecule has 2 aliphatic rings. The molecule has 1 saturated carbocycles. The molecule has 5 rings (SSSR count). The van der Waals surface area contributed by atoms with E-state index in [0.29, 0.717) is 49.4 Å². The van der Waals surface area contributed by atoms with Crippen molar-refractivity contribution in [1.82, 2.24) is 4.90 Å². The molecule has 1 aromatic heterocycles. The quantitative estimate of drug-likeness (QED) is 0.378. The molecule has 6 nitrogen and oxygen atoms in total. The van der Waals surface area contributed by atoms with Gasteiger partial charge in [-0.05, 0) is 74.9 Å². The maximum atomic E-state index is 13.0. The standard InChI is InChI=1S/C30H34BrNO5/c1-19-24-9-11-26(36-18-21-6-5-8-23(31)16-21)20(2)28(24)37-29(34)25(19)10-12-27(33)32-15-14-30(35)13-4-3-7-22(30)17-32/h5-6,8-9,11,16,22,35H,3-4,7,10,12-15,17-18H2,1-2H3/t22-,30+/m0/s1. The van der Waals surface area contributed by atoms with Crippen LogP contribution in [-0.4, -0.2) is 34.6 Å². The summed E-state index contributed by atoms with van der Waals surface area (Å²) in [5.41, 5.74) is 2.73. The van der Waals surface area contributed by atoms with Gasteiger partial charge in [0.25, 0.3) is 0 Å². The van der Waals surface area contributed by atoms with Gasteiger partial charge in [0.1, 0.15) is 17.9 Å². The largest absolute Gasteiger partial charge is 0.488 e. The predicted molar refractivity (Wildman–Crippen MR) is 147 cm³/mol. The van der Waals surface area contributed by atoms with Crippen LogP contribution in [0.15, 0.2) is 50.1 Å². The fourth-order valence-corrected chi connectivity index (χ4v) is 6.44. The molecule has 37 heavy (non-hydrogen) atoms. The second-order valence-corrected chi connectivity index (χ2v) is 11.5. The fraction of sp³-hybridized carbons (Fsp3) is 0.467. The van der Waals surface area contributed by atoms with Crippen molar-refractivity contribution in [2.24, 2.45) is 5.92 Å². The van der Waals surface area contributed by atoms with Crippen molar-refractivity contribution >= 4 is 32.8 Å². The zero-order valence-electron chi connectivity index (χ0n) is 21.5. The number of piperidine rings is 1. The van der Waals surface area contributed by atoms with Crippen LogP contribution in [0.25, 0.3) is 11.0 Å². The van der Waals surface area contributed by atoms with Gasteiger partial charge in [-0.15, -0.1) is 0 Å². The van der Waals surface area contributed by atoms with Crippen molar-refractivity contribution in [3.8, 4) is 5.75 Å². The Bertz CT molecular complexity index is 1380. The van der Waals surface area contributed by atoms with Gasteiger partial charge < -0.3 is 19.2 Å². The number of hydrogen-bond acceptors (Lipinski definition) is 5. The highest BCUT2D eigenvalue weighted by molar-refractivity contribution is 9.10. The lowest BCUT2D eigenvalue weighted by Crippen LogP contribution is -2.54. The molecule has 2 heterocycles.